The van der Waals surface area contributed by atoms with Gasteiger partial charge in [-0.3, -0.25) is 9.67 Å². The highest BCUT2D eigenvalue weighted by Crippen LogP contribution is 1.97. The standard InChI is InChI=1S/C11H21N5.HI/c1-9-7-14-16(8-9)6-5-13-10(12)15-11(2,3)4;/h7-8H,5-6H2,1-4H3,(H3,12,13,15);1H. The molecule has 0 aromatic carbocycles. The predicted octanol–water partition coefficient (Wildman–Crippen LogP) is 1.51. The molecule has 17 heavy (non-hydrogen) atoms. The maximum absolute atomic E-state index is 5.74. The van der Waals surface area contributed by atoms with E-state index in [4.69, 9.17) is 5.73 Å². The third-order valence-corrected chi connectivity index (χ3v) is 1.88. The normalized spacial score (nSPS) is 12.1. The van der Waals surface area contributed by atoms with Crippen LogP contribution in [-0.2, 0) is 6.54 Å². The summed E-state index contributed by atoms with van der Waals surface area (Å²) in [4.78, 5) is 4.24. The quantitative estimate of drug-likeness (QED) is 0.493. The summed E-state index contributed by atoms with van der Waals surface area (Å²) in [7, 11) is 0. The summed E-state index contributed by atoms with van der Waals surface area (Å²) >= 11 is 0. The number of aliphatic imine (C=N–C) groups is 1. The van der Waals surface area contributed by atoms with Crippen molar-refractivity contribution in [3.05, 3.63) is 18.0 Å². The Balaban J connectivity index is 0.00000256. The number of halogens is 1. The molecule has 5 nitrogen and oxygen atoms in total. The fourth-order valence-corrected chi connectivity index (χ4v) is 1.29. The Labute approximate surface area is 120 Å². The summed E-state index contributed by atoms with van der Waals surface area (Å²) in [6.45, 7) is 9.55. The maximum atomic E-state index is 5.74. The van der Waals surface area contributed by atoms with Crippen LogP contribution in [0.2, 0.25) is 0 Å². The Morgan fingerprint density at radius 3 is 2.65 bits per heavy atom. The molecule has 6 heteroatoms. The molecule has 0 amide bonds. The largest absolute Gasteiger partial charge is 0.370 e. The number of nitrogens with one attached hydrogen (secondary N) is 1. The first-order valence-electron chi connectivity index (χ1n) is 5.44. The molecule has 1 aromatic heterocycles. The van der Waals surface area contributed by atoms with E-state index in [0.717, 1.165) is 12.1 Å². The van der Waals surface area contributed by atoms with E-state index in [-0.39, 0.29) is 29.5 Å². The third kappa shape index (κ3) is 7.19. The second-order valence-corrected chi connectivity index (χ2v) is 4.92. The van der Waals surface area contributed by atoms with Gasteiger partial charge in [-0.25, -0.2) is 0 Å². The minimum atomic E-state index is -0.0458. The SMILES string of the molecule is Cc1cnn(CCN=C(N)NC(C)(C)C)c1.I. The summed E-state index contributed by atoms with van der Waals surface area (Å²) in [5.41, 5.74) is 6.85. The van der Waals surface area contributed by atoms with E-state index in [1.807, 2.05) is 44.8 Å². The van der Waals surface area contributed by atoms with E-state index >= 15 is 0 Å². The zero-order valence-corrected chi connectivity index (χ0v) is 13.2. The molecule has 1 rings (SSSR count). The molecule has 1 aromatic rings. The second-order valence-electron chi connectivity index (χ2n) is 4.92. The van der Waals surface area contributed by atoms with Crippen LogP contribution in [0, 0.1) is 6.92 Å². The number of aryl methyl sites for hydroxylation is 1. The van der Waals surface area contributed by atoms with Crippen LogP contribution in [0.25, 0.3) is 0 Å². The number of guanidine groups is 1. The highest BCUT2D eigenvalue weighted by atomic mass is 127. The number of aromatic nitrogens is 2. The van der Waals surface area contributed by atoms with Gasteiger partial charge in [0.25, 0.3) is 0 Å². The van der Waals surface area contributed by atoms with Gasteiger partial charge in [0, 0.05) is 11.7 Å². The lowest BCUT2D eigenvalue weighted by molar-refractivity contribution is 0.507. The van der Waals surface area contributed by atoms with Gasteiger partial charge in [-0.1, -0.05) is 0 Å². The van der Waals surface area contributed by atoms with Crippen LogP contribution >= 0.6 is 24.0 Å². The van der Waals surface area contributed by atoms with Crippen LogP contribution in [0.1, 0.15) is 26.3 Å². The molecule has 0 radical (unpaired) electrons. The van der Waals surface area contributed by atoms with Gasteiger partial charge < -0.3 is 11.1 Å². The van der Waals surface area contributed by atoms with Crippen LogP contribution in [0.15, 0.2) is 17.4 Å². The fourth-order valence-electron chi connectivity index (χ4n) is 1.29. The van der Waals surface area contributed by atoms with E-state index in [2.05, 4.69) is 15.4 Å². The topological polar surface area (TPSA) is 68.2 Å². The Morgan fingerprint density at radius 1 is 1.53 bits per heavy atom. The summed E-state index contributed by atoms with van der Waals surface area (Å²) in [6.07, 6.45) is 3.82. The number of hydrogen-bond acceptors (Lipinski definition) is 2. The molecule has 98 valence electrons. The molecular weight excluding hydrogens is 329 g/mol. The molecule has 0 saturated heterocycles. The molecule has 0 saturated carbocycles. The van der Waals surface area contributed by atoms with E-state index in [9.17, 15) is 0 Å². The van der Waals surface area contributed by atoms with Crippen molar-refractivity contribution in [3.63, 3.8) is 0 Å². The van der Waals surface area contributed by atoms with Gasteiger partial charge in [-0.05, 0) is 33.3 Å². The first-order chi connectivity index (χ1) is 7.37. The van der Waals surface area contributed by atoms with Crippen molar-refractivity contribution in [2.45, 2.75) is 39.8 Å². The van der Waals surface area contributed by atoms with Crippen LogP contribution in [0.4, 0.5) is 0 Å². The molecule has 0 bridgehead atoms. The van der Waals surface area contributed by atoms with E-state index < -0.39 is 0 Å². The van der Waals surface area contributed by atoms with Gasteiger partial charge in [0.05, 0.1) is 19.3 Å². The average Bonchev–Trinajstić information content (AvgIpc) is 2.48. The van der Waals surface area contributed by atoms with Gasteiger partial charge in [0.15, 0.2) is 5.96 Å². The van der Waals surface area contributed by atoms with Crippen LogP contribution in [0.5, 0.6) is 0 Å². The van der Waals surface area contributed by atoms with Crippen molar-refractivity contribution in [1.29, 1.82) is 0 Å². The Kier molecular flexibility index (Phi) is 6.51. The van der Waals surface area contributed by atoms with Crippen molar-refractivity contribution >= 4 is 29.9 Å². The number of nitrogens with zero attached hydrogens (tertiary/aromatic N) is 3. The number of hydrogen-bond donors (Lipinski definition) is 2. The molecule has 0 aliphatic rings. The second kappa shape index (κ2) is 6.83. The Morgan fingerprint density at radius 2 is 2.18 bits per heavy atom. The molecule has 1 heterocycles. The summed E-state index contributed by atoms with van der Waals surface area (Å²) in [5, 5.41) is 7.28. The lowest BCUT2D eigenvalue weighted by Crippen LogP contribution is -2.45. The van der Waals surface area contributed by atoms with Crippen molar-refractivity contribution in [2.24, 2.45) is 10.7 Å². The Hall–Kier alpha value is -0.790. The van der Waals surface area contributed by atoms with Crippen molar-refractivity contribution < 1.29 is 0 Å². The van der Waals surface area contributed by atoms with Crippen molar-refractivity contribution in [2.75, 3.05) is 6.54 Å². The van der Waals surface area contributed by atoms with Gasteiger partial charge in [0.1, 0.15) is 0 Å². The van der Waals surface area contributed by atoms with Gasteiger partial charge >= 0.3 is 0 Å². The molecular formula is C11H22IN5. The highest BCUT2D eigenvalue weighted by Gasteiger charge is 2.09. The monoisotopic (exact) mass is 351 g/mol. The summed E-state index contributed by atoms with van der Waals surface area (Å²) in [5.74, 6) is 0.483. The van der Waals surface area contributed by atoms with Gasteiger partial charge in [0.2, 0.25) is 0 Å². The number of rotatable bonds is 3. The van der Waals surface area contributed by atoms with Crippen molar-refractivity contribution in [1.82, 2.24) is 15.1 Å². The van der Waals surface area contributed by atoms with Gasteiger partial charge in [-0.15, -0.1) is 24.0 Å². The molecule has 0 unspecified atom stereocenters. The van der Waals surface area contributed by atoms with Gasteiger partial charge in [-0.2, -0.15) is 5.10 Å². The molecule has 0 spiro atoms. The summed E-state index contributed by atoms with van der Waals surface area (Å²) < 4.78 is 1.86. The zero-order valence-electron chi connectivity index (χ0n) is 10.9. The first kappa shape index (κ1) is 16.2. The molecule has 0 atom stereocenters. The minimum Gasteiger partial charge on any atom is -0.370 e. The van der Waals surface area contributed by atoms with Crippen LogP contribution < -0.4 is 11.1 Å². The smallest absolute Gasteiger partial charge is 0.189 e. The van der Waals surface area contributed by atoms with Crippen molar-refractivity contribution in [3.8, 4) is 0 Å². The third-order valence-electron chi connectivity index (χ3n) is 1.88. The first-order valence-corrected chi connectivity index (χ1v) is 5.44. The highest BCUT2D eigenvalue weighted by molar-refractivity contribution is 14.0. The lowest BCUT2D eigenvalue weighted by Gasteiger charge is -2.20. The molecule has 0 fully saturated rings. The maximum Gasteiger partial charge on any atom is 0.189 e. The number of nitrogens with two attached hydrogens (primary N) is 1. The summed E-state index contributed by atoms with van der Waals surface area (Å²) in [6, 6.07) is 0. The minimum absolute atomic E-state index is 0. The molecule has 0 aliphatic heterocycles. The van der Waals surface area contributed by atoms with Crippen LogP contribution in [0.3, 0.4) is 0 Å². The van der Waals surface area contributed by atoms with E-state index in [0.29, 0.717) is 12.5 Å². The molecule has 0 aliphatic carbocycles. The Bertz CT molecular complexity index is 364. The van der Waals surface area contributed by atoms with E-state index in [1.165, 1.54) is 0 Å². The average molecular weight is 351 g/mol. The fraction of sp³-hybridized carbons (Fsp3) is 0.636. The van der Waals surface area contributed by atoms with Crippen LogP contribution in [-0.4, -0.2) is 27.8 Å². The van der Waals surface area contributed by atoms with E-state index in [1.54, 1.807) is 0 Å². The zero-order chi connectivity index (χ0) is 12.2. The lowest BCUT2D eigenvalue weighted by atomic mass is 10.1. The predicted molar refractivity (Wildman–Crippen MR) is 81.8 cm³/mol. The molecule has 3 N–H and O–H groups in total.